The lowest BCUT2D eigenvalue weighted by Gasteiger charge is -2.38. The van der Waals surface area contributed by atoms with Crippen LogP contribution in [-0.2, 0) is 37.0 Å². The summed E-state index contributed by atoms with van der Waals surface area (Å²) in [4.78, 5) is 26.6. The van der Waals surface area contributed by atoms with Crippen LogP contribution in [0.25, 0.3) is 11.1 Å². The van der Waals surface area contributed by atoms with Gasteiger partial charge in [0.25, 0.3) is 0 Å². The van der Waals surface area contributed by atoms with Crippen LogP contribution in [0.1, 0.15) is 81.6 Å². The zero-order chi connectivity index (χ0) is 31.3. The highest BCUT2D eigenvalue weighted by Crippen LogP contribution is 2.39. The Morgan fingerprint density at radius 2 is 1.68 bits per heavy atom. The molecule has 234 valence electrons. The van der Waals surface area contributed by atoms with E-state index in [1.54, 1.807) is 0 Å². The second kappa shape index (κ2) is 14.0. The Hall–Kier alpha value is -3.56. The van der Waals surface area contributed by atoms with Crippen LogP contribution >= 0.6 is 0 Å². The minimum atomic E-state index is -0.584. The van der Waals surface area contributed by atoms with Gasteiger partial charge in [0.15, 0.2) is 6.29 Å². The van der Waals surface area contributed by atoms with Gasteiger partial charge in [-0.3, -0.25) is 14.5 Å². The van der Waals surface area contributed by atoms with E-state index in [2.05, 4.69) is 34.5 Å². The number of benzene rings is 3. The smallest absolute Gasteiger partial charge is 0.323 e. The lowest BCUT2D eigenvalue weighted by molar-refractivity contribution is -0.253. The van der Waals surface area contributed by atoms with E-state index < -0.39 is 11.9 Å². The quantitative estimate of drug-likeness (QED) is 0.298. The molecule has 2 saturated heterocycles. The van der Waals surface area contributed by atoms with Crippen LogP contribution in [0.2, 0.25) is 0 Å². The molecular formula is C36H44N2O6. The van der Waals surface area contributed by atoms with Gasteiger partial charge in [-0.2, -0.15) is 0 Å². The summed E-state index contributed by atoms with van der Waals surface area (Å²) in [5, 5.41) is 12.4. The standard InChI is InChI=1S/C36H44N2O6/c1-24(40)37-21-26-7-5-8-30(19-26)27-14-16-29(17-15-27)35-42-31(20-33(43-35)28-12-10-25(23-39)11-13-28)22-38-18-6-9-32(38)34(41)44-36(2,3)4/h5,7-8,10-17,19,31-33,35,39H,6,9,18,20-23H2,1-4H3,(H,37,40)/t31-,32-,33+,35+/m0/s1. The lowest BCUT2D eigenvalue weighted by atomic mass is 9.98. The van der Waals surface area contributed by atoms with Crippen molar-refractivity contribution in [3.8, 4) is 11.1 Å². The van der Waals surface area contributed by atoms with Gasteiger partial charge in [0.05, 0.1) is 18.8 Å². The first-order valence-electron chi connectivity index (χ1n) is 15.5. The maximum absolute atomic E-state index is 13.0. The highest BCUT2D eigenvalue weighted by Gasteiger charge is 2.38. The number of nitrogens with zero attached hydrogens (tertiary/aromatic N) is 1. The van der Waals surface area contributed by atoms with Gasteiger partial charge in [-0.05, 0) is 74.0 Å². The Balaban J connectivity index is 1.34. The summed E-state index contributed by atoms with van der Waals surface area (Å²) in [5.74, 6) is -0.232. The zero-order valence-electron chi connectivity index (χ0n) is 26.1. The molecule has 3 aromatic carbocycles. The third-order valence-corrected chi connectivity index (χ3v) is 8.08. The molecule has 0 unspecified atom stereocenters. The number of carbonyl (C=O) groups excluding carboxylic acids is 2. The van der Waals surface area contributed by atoms with Crippen molar-refractivity contribution in [3.63, 3.8) is 0 Å². The topological polar surface area (TPSA) is 97.3 Å². The average Bonchev–Trinajstić information content (AvgIpc) is 3.47. The molecule has 0 spiro atoms. The van der Waals surface area contributed by atoms with Crippen molar-refractivity contribution < 1.29 is 28.9 Å². The van der Waals surface area contributed by atoms with E-state index in [0.717, 1.165) is 52.8 Å². The van der Waals surface area contributed by atoms with Crippen molar-refractivity contribution in [1.82, 2.24) is 10.2 Å². The molecule has 0 radical (unpaired) electrons. The third-order valence-electron chi connectivity index (χ3n) is 8.08. The maximum atomic E-state index is 13.0. The molecule has 2 aliphatic heterocycles. The number of nitrogens with one attached hydrogen (secondary N) is 1. The molecular weight excluding hydrogens is 556 g/mol. The SMILES string of the molecule is CC(=O)NCc1cccc(-c2ccc([C@@H]3O[C@H](CN4CCC[C@H]4C(=O)OC(C)(C)C)C[C@H](c4ccc(CO)cc4)O3)cc2)c1. The average molecular weight is 601 g/mol. The zero-order valence-corrected chi connectivity index (χ0v) is 26.1. The number of aliphatic hydroxyl groups excluding tert-OH is 1. The van der Waals surface area contributed by atoms with Crippen molar-refractivity contribution in [2.45, 2.75) is 90.2 Å². The minimum absolute atomic E-state index is 0.0102. The van der Waals surface area contributed by atoms with Crippen molar-refractivity contribution in [2.75, 3.05) is 13.1 Å². The normalized spacial score (nSPS) is 22.5. The number of aliphatic hydroxyl groups is 1. The number of amides is 1. The molecule has 2 aliphatic rings. The Kier molecular flexibility index (Phi) is 10.2. The second-order valence-corrected chi connectivity index (χ2v) is 12.8. The van der Waals surface area contributed by atoms with Gasteiger partial charge >= 0.3 is 5.97 Å². The molecule has 0 aromatic heterocycles. The number of esters is 1. The first-order valence-corrected chi connectivity index (χ1v) is 15.5. The molecule has 5 rings (SSSR count). The van der Waals surface area contributed by atoms with Crippen molar-refractivity contribution in [1.29, 1.82) is 0 Å². The number of likely N-dealkylation sites (tertiary alicyclic amines) is 1. The predicted octanol–water partition coefficient (Wildman–Crippen LogP) is 5.83. The summed E-state index contributed by atoms with van der Waals surface area (Å²) >= 11 is 0. The fourth-order valence-corrected chi connectivity index (χ4v) is 5.90. The Morgan fingerprint density at radius 3 is 2.36 bits per heavy atom. The van der Waals surface area contributed by atoms with E-state index in [0.29, 0.717) is 19.5 Å². The summed E-state index contributed by atoms with van der Waals surface area (Å²) in [7, 11) is 0. The number of carbonyl (C=O) groups is 2. The van der Waals surface area contributed by atoms with E-state index >= 15 is 0 Å². The van der Waals surface area contributed by atoms with Gasteiger partial charge in [-0.25, -0.2) is 0 Å². The summed E-state index contributed by atoms with van der Waals surface area (Å²) in [6, 6.07) is 23.9. The summed E-state index contributed by atoms with van der Waals surface area (Å²) in [5.41, 5.74) is 5.41. The molecule has 2 fully saturated rings. The first-order chi connectivity index (χ1) is 21.1. The summed E-state index contributed by atoms with van der Waals surface area (Å²) in [6.07, 6.45) is 1.41. The molecule has 2 N–H and O–H groups in total. The second-order valence-electron chi connectivity index (χ2n) is 12.8. The van der Waals surface area contributed by atoms with Crippen molar-refractivity contribution in [3.05, 3.63) is 95.1 Å². The Morgan fingerprint density at radius 1 is 0.955 bits per heavy atom. The molecule has 0 saturated carbocycles. The molecule has 3 aromatic rings. The van der Waals surface area contributed by atoms with Crippen LogP contribution in [0.15, 0.2) is 72.8 Å². The highest BCUT2D eigenvalue weighted by atomic mass is 16.7. The van der Waals surface area contributed by atoms with Crippen LogP contribution in [0.3, 0.4) is 0 Å². The largest absolute Gasteiger partial charge is 0.459 e. The van der Waals surface area contributed by atoms with Crippen LogP contribution in [0.4, 0.5) is 0 Å². The number of hydrogen-bond donors (Lipinski definition) is 2. The van der Waals surface area contributed by atoms with Crippen LogP contribution in [-0.4, -0.2) is 52.7 Å². The molecule has 0 bridgehead atoms. The number of rotatable bonds is 9. The minimum Gasteiger partial charge on any atom is -0.459 e. The molecule has 4 atom stereocenters. The van der Waals surface area contributed by atoms with E-state index in [1.807, 2.05) is 69.3 Å². The van der Waals surface area contributed by atoms with Crippen LogP contribution < -0.4 is 5.32 Å². The van der Waals surface area contributed by atoms with E-state index in [4.69, 9.17) is 14.2 Å². The lowest BCUT2D eigenvalue weighted by Crippen LogP contribution is -2.45. The van der Waals surface area contributed by atoms with Crippen LogP contribution in [0, 0.1) is 0 Å². The van der Waals surface area contributed by atoms with Gasteiger partial charge < -0.3 is 24.6 Å². The molecule has 44 heavy (non-hydrogen) atoms. The van der Waals surface area contributed by atoms with Gasteiger partial charge in [-0.15, -0.1) is 0 Å². The molecule has 0 aliphatic carbocycles. The van der Waals surface area contributed by atoms with Crippen LogP contribution in [0.5, 0.6) is 0 Å². The van der Waals surface area contributed by atoms with E-state index in [9.17, 15) is 14.7 Å². The third kappa shape index (κ3) is 8.33. The molecule has 8 nitrogen and oxygen atoms in total. The number of hydrogen-bond acceptors (Lipinski definition) is 7. The van der Waals surface area contributed by atoms with E-state index in [1.165, 1.54) is 6.92 Å². The Bertz CT molecular complexity index is 1420. The van der Waals surface area contributed by atoms with Crippen molar-refractivity contribution >= 4 is 11.9 Å². The maximum Gasteiger partial charge on any atom is 0.323 e. The van der Waals surface area contributed by atoms with Gasteiger partial charge in [0.2, 0.25) is 5.91 Å². The molecule has 1 amide bonds. The Labute approximate surface area is 260 Å². The number of ether oxygens (including phenoxy) is 3. The van der Waals surface area contributed by atoms with Gasteiger partial charge in [-0.1, -0.05) is 66.7 Å². The summed E-state index contributed by atoms with van der Waals surface area (Å²) in [6.45, 7) is 9.11. The fraction of sp³-hybridized carbons (Fsp3) is 0.444. The molecule has 8 heteroatoms. The van der Waals surface area contributed by atoms with Gasteiger partial charge in [0.1, 0.15) is 11.6 Å². The predicted molar refractivity (Wildman–Crippen MR) is 168 cm³/mol. The van der Waals surface area contributed by atoms with E-state index in [-0.39, 0.29) is 36.7 Å². The highest BCUT2D eigenvalue weighted by molar-refractivity contribution is 5.76. The van der Waals surface area contributed by atoms with Crippen molar-refractivity contribution in [2.24, 2.45) is 0 Å². The first kappa shape index (κ1) is 31.9. The van der Waals surface area contributed by atoms with Gasteiger partial charge in [0, 0.05) is 32.0 Å². The fourth-order valence-electron chi connectivity index (χ4n) is 5.90. The summed E-state index contributed by atoms with van der Waals surface area (Å²) < 4.78 is 18.9. The monoisotopic (exact) mass is 600 g/mol. The molecule has 2 heterocycles.